The molecule has 3 rings (SSSR count). The number of nitrogens with one attached hydrogen (secondary N) is 2. The number of carbonyl (C=O) groups excluding carboxylic acids is 2. The molecule has 0 atom stereocenters. The van der Waals surface area contributed by atoms with Gasteiger partial charge >= 0.3 is 0 Å². The third-order valence-electron chi connectivity index (χ3n) is 4.47. The number of anilines is 2. The molecule has 0 aliphatic carbocycles. The lowest BCUT2D eigenvalue weighted by atomic mass is 9.86. The third kappa shape index (κ3) is 5.08. The average Bonchev–Trinajstić information content (AvgIpc) is 2.67. The van der Waals surface area contributed by atoms with Crippen LogP contribution < -0.4 is 10.6 Å². The molecule has 0 aliphatic heterocycles. The first-order chi connectivity index (χ1) is 13.7. The van der Waals surface area contributed by atoms with Crippen molar-refractivity contribution in [1.29, 1.82) is 0 Å². The third-order valence-corrected chi connectivity index (χ3v) is 4.47. The van der Waals surface area contributed by atoms with E-state index < -0.39 is 0 Å². The van der Waals surface area contributed by atoms with E-state index in [1.807, 2.05) is 55.5 Å². The lowest BCUT2D eigenvalue weighted by Crippen LogP contribution is -2.21. The van der Waals surface area contributed by atoms with Gasteiger partial charge in [-0.25, -0.2) is 4.98 Å². The molecule has 0 aliphatic rings. The van der Waals surface area contributed by atoms with Crippen LogP contribution >= 0.6 is 0 Å². The van der Waals surface area contributed by atoms with E-state index in [9.17, 15) is 9.59 Å². The van der Waals surface area contributed by atoms with E-state index in [-0.39, 0.29) is 28.6 Å². The highest BCUT2D eigenvalue weighted by Gasteiger charge is 2.20. The average molecular weight is 387 g/mol. The zero-order valence-electron chi connectivity index (χ0n) is 17.1. The fourth-order valence-electron chi connectivity index (χ4n) is 3.04. The van der Waals surface area contributed by atoms with Gasteiger partial charge in [0.2, 0.25) is 0 Å². The molecule has 5 heteroatoms. The normalized spacial score (nSPS) is 11.0. The molecule has 0 radical (unpaired) electrons. The first-order valence-corrected chi connectivity index (χ1v) is 9.50. The van der Waals surface area contributed by atoms with Gasteiger partial charge in [-0.2, -0.15) is 0 Å². The summed E-state index contributed by atoms with van der Waals surface area (Å²) >= 11 is 0. The first kappa shape index (κ1) is 20.3. The summed E-state index contributed by atoms with van der Waals surface area (Å²) in [5, 5.41) is 5.73. The van der Waals surface area contributed by atoms with Crippen LogP contribution in [0.4, 0.5) is 11.4 Å². The van der Waals surface area contributed by atoms with E-state index in [4.69, 9.17) is 0 Å². The number of hydrogen-bond donors (Lipinski definition) is 2. The van der Waals surface area contributed by atoms with E-state index in [2.05, 4.69) is 36.4 Å². The minimum absolute atomic E-state index is 0.118. The van der Waals surface area contributed by atoms with Crippen molar-refractivity contribution in [2.45, 2.75) is 33.1 Å². The summed E-state index contributed by atoms with van der Waals surface area (Å²) in [6, 6.07) is 20.0. The predicted molar refractivity (Wildman–Crippen MR) is 116 cm³/mol. The number of nitrogens with zero attached hydrogens (tertiary/aromatic N) is 1. The highest BCUT2D eigenvalue weighted by molar-refractivity contribution is 6.06. The van der Waals surface area contributed by atoms with Crippen LogP contribution in [-0.4, -0.2) is 16.8 Å². The predicted octanol–water partition coefficient (Wildman–Crippen LogP) is 5.19. The Hall–Kier alpha value is -3.47. The Morgan fingerprint density at radius 2 is 1.41 bits per heavy atom. The Bertz CT molecular complexity index is 1050. The molecule has 1 heterocycles. The van der Waals surface area contributed by atoms with Crippen LogP contribution in [0.25, 0.3) is 0 Å². The van der Waals surface area contributed by atoms with Gasteiger partial charge in [0.25, 0.3) is 11.8 Å². The fourth-order valence-corrected chi connectivity index (χ4v) is 3.04. The molecule has 1 aromatic heterocycles. The van der Waals surface area contributed by atoms with Crippen molar-refractivity contribution < 1.29 is 9.59 Å². The summed E-state index contributed by atoms with van der Waals surface area (Å²) in [5.41, 5.74) is 3.75. The molecule has 2 aromatic carbocycles. The van der Waals surface area contributed by atoms with Gasteiger partial charge in [-0.1, -0.05) is 57.2 Å². The van der Waals surface area contributed by atoms with Crippen molar-refractivity contribution in [2.24, 2.45) is 0 Å². The number of aromatic nitrogens is 1. The van der Waals surface area contributed by atoms with E-state index in [1.54, 1.807) is 18.2 Å². The highest BCUT2D eigenvalue weighted by atomic mass is 16.2. The van der Waals surface area contributed by atoms with Crippen LogP contribution in [0.1, 0.15) is 52.9 Å². The Morgan fingerprint density at radius 3 is 2.07 bits per heavy atom. The monoisotopic (exact) mass is 387 g/mol. The SMILES string of the molecule is Cc1cccc(NC(=O)c2cccc(C(=O)Nc3ccccc3C(C)(C)C)n2)c1. The Morgan fingerprint density at radius 1 is 0.793 bits per heavy atom. The molecule has 2 N–H and O–H groups in total. The Labute approximate surface area is 171 Å². The number of aryl methyl sites for hydroxylation is 1. The van der Waals surface area contributed by atoms with Gasteiger partial charge in [0, 0.05) is 11.4 Å². The van der Waals surface area contributed by atoms with Crippen molar-refractivity contribution in [1.82, 2.24) is 4.98 Å². The zero-order chi connectivity index (χ0) is 21.0. The lowest BCUT2D eigenvalue weighted by Gasteiger charge is -2.22. The van der Waals surface area contributed by atoms with Crippen LogP contribution in [0.15, 0.2) is 66.7 Å². The number of amides is 2. The van der Waals surface area contributed by atoms with Gasteiger partial charge in [0.15, 0.2) is 0 Å². The largest absolute Gasteiger partial charge is 0.321 e. The second kappa shape index (κ2) is 8.27. The molecule has 29 heavy (non-hydrogen) atoms. The molecule has 2 amide bonds. The van der Waals surface area contributed by atoms with Crippen molar-refractivity contribution >= 4 is 23.2 Å². The van der Waals surface area contributed by atoms with Gasteiger partial charge in [-0.3, -0.25) is 9.59 Å². The topological polar surface area (TPSA) is 71.1 Å². The lowest BCUT2D eigenvalue weighted by molar-refractivity contribution is 0.101. The standard InChI is InChI=1S/C24H25N3O2/c1-16-9-7-10-17(15-16)25-22(28)20-13-8-14-21(26-20)23(29)27-19-12-6-5-11-18(19)24(2,3)4/h5-15H,1-4H3,(H,25,28)(H,27,29). The van der Waals surface area contributed by atoms with Crippen molar-refractivity contribution in [3.05, 3.63) is 89.2 Å². The molecule has 0 spiro atoms. The van der Waals surface area contributed by atoms with Gasteiger partial charge in [-0.05, 0) is 53.8 Å². The highest BCUT2D eigenvalue weighted by Crippen LogP contribution is 2.29. The number of pyridine rings is 1. The molecule has 0 unspecified atom stereocenters. The van der Waals surface area contributed by atoms with E-state index >= 15 is 0 Å². The quantitative estimate of drug-likeness (QED) is 0.647. The molecule has 148 valence electrons. The van der Waals surface area contributed by atoms with Crippen LogP contribution in [0.3, 0.4) is 0 Å². The number of benzene rings is 2. The second-order valence-electron chi connectivity index (χ2n) is 7.98. The summed E-state index contributed by atoms with van der Waals surface area (Å²) in [6.07, 6.45) is 0. The molecule has 3 aromatic rings. The molecule has 0 saturated heterocycles. The minimum Gasteiger partial charge on any atom is -0.321 e. The number of carbonyl (C=O) groups is 2. The van der Waals surface area contributed by atoms with E-state index in [0.717, 1.165) is 16.8 Å². The van der Waals surface area contributed by atoms with Crippen LogP contribution in [0.5, 0.6) is 0 Å². The maximum absolute atomic E-state index is 12.8. The summed E-state index contributed by atoms with van der Waals surface area (Å²) < 4.78 is 0. The van der Waals surface area contributed by atoms with E-state index in [1.165, 1.54) is 0 Å². The van der Waals surface area contributed by atoms with Gasteiger partial charge < -0.3 is 10.6 Å². The van der Waals surface area contributed by atoms with Crippen LogP contribution in [0, 0.1) is 6.92 Å². The van der Waals surface area contributed by atoms with Crippen molar-refractivity contribution in [3.8, 4) is 0 Å². The number of rotatable bonds is 4. The molecular weight excluding hydrogens is 362 g/mol. The van der Waals surface area contributed by atoms with Crippen LogP contribution in [0.2, 0.25) is 0 Å². The Kier molecular flexibility index (Phi) is 5.78. The first-order valence-electron chi connectivity index (χ1n) is 9.50. The van der Waals surface area contributed by atoms with Gasteiger partial charge in [0.1, 0.15) is 11.4 Å². The molecule has 0 saturated carbocycles. The molecule has 5 nitrogen and oxygen atoms in total. The maximum Gasteiger partial charge on any atom is 0.274 e. The summed E-state index contributed by atoms with van der Waals surface area (Å²) in [6.45, 7) is 8.22. The van der Waals surface area contributed by atoms with Gasteiger partial charge in [-0.15, -0.1) is 0 Å². The van der Waals surface area contributed by atoms with E-state index in [0.29, 0.717) is 5.69 Å². The second-order valence-corrected chi connectivity index (χ2v) is 7.98. The molecular formula is C24H25N3O2. The Balaban J connectivity index is 1.79. The fraction of sp³-hybridized carbons (Fsp3) is 0.208. The smallest absolute Gasteiger partial charge is 0.274 e. The van der Waals surface area contributed by atoms with Gasteiger partial charge in [0.05, 0.1) is 0 Å². The summed E-state index contributed by atoms with van der Waals surface area (Å²) in [7, 11) is 0. The number of hydrogen-bond acceptors (Lipinski definition) is 3. The minimum atomic E-state index is -0.361. The zero-order valence-corrected chi connectivity index (χ0v) is 17.1. The molecule has 0 fully saturated rings. The van der Waals surface area contributed by atoms with Crippen molar-refractivity contribution in [2.75, 3.05) is 10.6 Å². The summed E-state index contributed by atoms with van der Waals surface area (Å²) in [4.78, 5) is 29.6. The maximum atomic E-state index is 12.8. The molecule has 0 bridgehead atoms. The summed E-state index contributed by atoms with van der Waals surface area (Å²) in [5.74, 6) is -0.716. The van der Waals surface area contributed by atoms with Crippen LogP contribution in [-0.2, 0) is 5.41 Å². The number of para-hydroxylation sites is 1. The van der Waals surface area contributed by atoms with Crippen molar-refractivity contribution in [3.63, 3.8) is 0 Å².